The SMILES string of the molecule is CCOC(=O)c1cnc(NNC(=O)C2CC2)nc1C(F)(F)F. The van der Waals surface area contributed by atoms with Crippen LogP contribution in [0.4, 0.5) is 19.1 Å². The molecule has 0 radical (unpaired) electrons. The van der Waals surface area contributed by atoms with E-state index in [0.29, 0.717) is 6.20 Å². The van der Waals surface area contributed by atoms with Crippen LogP contribution in [0.15, 0.2) is 6.20 Å². The van der Waals surface area contributed by atoms with Crippen LogP contribution in [-0.2, 0) is 15.7 Å². The molecular formula is C12H13F3N4O3. The first-order valence-electron chi connectivity index (χ1n) is 6.50. The number of hydrazine groups is 1. The minimum absolute atomic E-state index is 0.0758. The van der Waals surface area contributed by atoms with Crippen molar-refractivity contribution < 1.29 is 27.5 Å². The van der Waals surface area contributed by atoms with Gasteiger partial charge in [0.25, 0.3) is 0 Å². The number of hydrogen-bond donors (Lipinski definition) is 2. The molecule has 1 aromatic heterocycles. The van der Waals surface area contributed by atoms with Gasteiger partial charge in [0.2, 0.25) is 11.9 Å². The molecule has 0 aromatic carbocycles. The van der Waals surface area contributed by atoms with Crippen molar-refractivity contribution in [3.63, 3.8) is 0 Å². The Kier molecular flexibility index (Phi) is 4.48. The summed E-state index contributed by atoms with van der Waals surface area (Å²) in [6.07, 6.45) is -2.67. The van der Waals surface area contributed by atoms with Crippen LogP contribution in [0.2, 0.25) is 0 Å². The van der Waals surface area contributed by atoms with Gasteiger partial charge in [0.05, 0.1) is 6.61 Å². The topological polar surface area (TPSA) is 93.2 Å². The molecule has 0 bridgehead atoms. The molecule has 22 heavy (non-hydrogen) atoms. The molecule has 0 saturated heterocycles. The van der Waals surface area contributed by atoms with Gasteiger partial charge in [-0.25, -0.2) is 14.8 Å². The molecule has 120 valence electrons. The number of amides is 1. The molecule has 7 nitrogen and oxygen atoms in total. The van der Waals surface area contributed by atoms with E-state index in [2.05, 4.69) is 25.6 Å². The van der Waals surface area contributed by atoms with Crippen molar-refractivity contribution >= 4 is 17.8 Å². The average molecular weight is 318 g/mol. The molecule has 2 N–H and O–H groups in total. The summed E-state index contributed by atoms with van der Waals surface area (Å²) in [4.78, 5) is 29.7. The number of carbonyl (C=O) groups excluding carboxylic acids is 2. The molecule has 1 aromatic rings. The van der Waals surface area contributed by atoms with Crippen LogP contribution < -0.4 is 10.9 Å². The van der Waals surface area contributed by atoms with Crippen molar-refractivity contribution in [1.82, 2.24) is 15.4 Å². The van der Waals surface area contributed by atoms with Gasteiger partial charge < -0.3 is 4.74 Å². The first-order valence-corrected chi connectivity index (χ1v) is 6.50. The summed E-state index contributed by atoms with van der Waals surface area (Å²) >= 11 is 0. The summed E-state index contributed by atoms with van der Waals surface area (Å²) in [6, 6.07) is 0. The summed E-state index contributed by atoms with van der Waals surface area (Å²) in [7, 11) is 0. The Bertz CT molecular complexity index is 587. The standard InChI is InChI=1S/C12H13F3N4O3/c1-2-22-10(21)7-5-16-11(17-8(7)12(13,14)15)19-18-9(20)6-3-4-6/h5-6H,2-4H2,1H3,(H,18,20)(H,16,17,19). The van der Waals surface area contributed by atoms with Crippen molar-refractivity contribution in [3.05, 3.63) is 17.5 Å². The minimum Gasteiger partial charge on any atom is -0.462 e. The molecule has 1 fully saturated rings. The van der Waals surface area contributed by atoms with Crippen LogP contribution >= 0.6 is 0 Å². The first-order chi connectivity index (χ1) is 10.3. The first kappa shape index (κ1) is 16.0. The van der Waals surface area contributed by atoms with E-state index in [4.69, 9.17) is 0 Å². The van der Waals surface area contributed by atoms with E-state index in [1.165, 1.54) is 6.92 Å². The lowest BCUT2D eigenvalue weighted by Crippen LogP contribution is -2.32. The molecule has 1 aliphatic carbocycles. The van der Waals surface area contributed by atoms with Gasteiger partial charge in [0.1, 0.15) is 5.56 Å². The molecule has 0 atom stereocenters. The Morgan fingerprint density at radius 1 is 1.41 bits per heavy atom. The fraction of sp³-hybridized carbons (Fsp3) is 0.500. The predicted octanol–water partition coefficient (Wildman–Crippen LogP) is 1.53. The van der Waals surface area contributed by atoms with Crippen molar-refractivity contribution in [2.45, 2.75) is 25.9 Å². The Morgan fingerprint density at radius 2 is 2.09 bits per heavy atom. The van der Waals surface area contributed by atoms with E-state index in [1.54, 1.807) is 0 Å². The number of alkyl halides is 3. The van der Waals surface area contributed by atoms with Gasteiger partial charge >= 0.3 is 12.1 Å². The highest BCUT2D eigenvalue weighted by Gasteiger charge is 2.38. The molecule has 10 heteroatoms. The Morgan fingerprint density at radius 3 is 2.64 bits per heavy atom. The van der Waals surface area contributed by atoms with Crippen LogP contribution in [-0.4, -0.2) is 28.5 Å². The van der Waals surface area contributed by atoms with Gasteiger partial charge in [0.15, 0.2) is 5.69 Å². The Balaban J connectivity index is 2.19. The van der Waals surface area contributed by atoms with Gasteiger partial charge in [-0.1, -0.05) is 0 Å². The number of aromatic nitrogens is 2. The highest BCUT2D eigenvalue weighted by molar-refractivity contribution is 5.90. The number of hydrogen-bond acceptors (Lipinski definition) is 6. The maximum absolute atomic E-state index is 13.0. The minimum atomic E-state index is -4.86. The quantitative estimate of drug-likeness (QED) is 0.632. The van der Waals surface area contributed by atoms with E-state index in [-0.39, 0.29) is 18.4 Å². The summed E-state index contributed by atoms with van der Waals surface area (Å²) in [6.45, 7) is 1.39. The van der Waals surface area contributed by atoms with E-state index in [1.807, 2.05) is 0 Å². The van der Waals surface area contributed by atoms with Gasteiger partial charge in [-0.05, 0) is 19.8 Å². The largest absolute Gasteiger partial charge is 0.462 e. The molecule has 1 aliphatic rings. The van der Waals surface area contributed by atoms with E-state index in [9.17, 15) is 22.8 Å². The molecule has 0 spiro atoms. The molecule has 1 heterocycles. The van der Waals surface area contributed by atoms with E-state index in [0.717, 1.165) is 12.8 Å². The number of carbonyl (C=O) groups is 2. The van der Waals surface area contributed by atoms with Gasteiger partial charge in [-0.15, -0.1) is 0 Å². The number of nitrogens with zero attached hydrogens (tertiary/aromatic N) is 2. The number of nitrogens with one attached hydrogen (secondary N) is 2. The molecule has 1 amide bonds. The number of ether oxygens (including phenoxy) is 1. The molecule has 0 unspecified atom stereocenters. The Labute approximate surface area is 123 Å². The fourth-order valence-corrected chi connectivity index (χ4v) is 1.58. The Hall–Kier alpha value is -2.39. The highest BCUT2D eigenvalue weighted by Crippen LogP contribution is 2.31. The van der Waals surface area contributed by atoms with Crippen molar-refractivity contribution in [1.29, 1.82) is 0 Å². The summed E-state index contributed by atoms with van der Waals surface area (Å²) < 4.78 is 43.4. The number of esters is 1. The zero-order valence-corrected chi connectivity index (χ0v) is 11.5. The second-order valence-electron chi connectivity index (χ2n) is 4.56. The van der Waals surface area contributed by atoms with Gasteiger partial charge in [-0.2, -0.15) is 13.2 Å². The lowest BCUT2D eigenvalue weighted by Gasteiger charge is -2.13. The number of anilines is 1. The zero-order valence-electron chi connectivity index (χ0n) is 11.5. The number of rotatable bonds is 5. The third-order valence-electron chi connectivity index (χ3n) is 2.80. The predicted molar refractivity (Wildman–Crippen MR) is 67.5 cm³/mol. The second kappa shape index (κ2) is 6.16. The van der Waals surface area contributed by atoms with E-state index < -0.39 is 29.4 Å². The summed E-state index contributed by atoms with van der Waals surface area (Å²) in [5.74, 6) is -2.10. The van der Waals surface area contributed by atoms with Crippen molar-refractivity contribution in [2.75, 3.05) is 12.0 Å². The van der Waals surface area contributed by atoms with E-state index >= 15 is 0 Å². The fourth-order valence-electron chi connectivity index (χ4n) is 1.58. The number of halogens is 3. The molecular weight excluding hydrogens is 305 g/mol. The molecule has 1 saturated carbocycles. The molecule has 0 aliphatic heterocycles. The lowest BCUT2D eigenvalue weighted by molar-refractivity contribution is -0.141. The smallest absolute Gasteiger partial charge is 0.434 e. The van der Waals surface area contributed by atoms with Gasteiger partial charge in [0, 0.05) is 12.1 Å². The van der Waals surface area contributed by atoms with Crippen molar-refractivity contribution in [3.8, 4) is 0 Å². The summed E-state index contributed by atoms with van der Waals surface area (Å²) in [5, 5.41) is 0. The van der Waals surface area contributed by atoms with Crippen molar-refractivity contribution in [2.24, 2.45) is 5.92 Å². The van der Waals surface area contributed by atoms with Crippen LogP contribution in [0, 0.1) is 5.92 Å². The van der Waals surface area contributed by atoms with Crippen LogP contribution in [0.5, 0.6) is 0 Å². The highest BCUT2D eigenvalue weighted by atomic mass is 19.4. The average Bonchev–Trinajstić information content (AvgIpc) is 3.28. The van der Waals surface area contributed by atoms with Crippen LogP contribution in [0.3, 0.4) is 0 Å². The maximum Gasteiger partial charge on any atom is 0.434 e. The maximum atomic E-state index is 13.0. The third kappa shape index (κ3) is 3.83. The lowest BCUT2D eigenvalue weighted by atomic mass is 10.2. The molecule has 2 rings (SSSR count). The normalized spacial score (nSPS) is 14.4. The third-order valence-corrected chi connectivity index (χ3v) is 2.80. The van der Waals surface area contributed by atoms with Crippen LogP contribution in [0.1, 0.15) is 35.8 Å². The second-order valence-corrected chi connectivity index (χ2v) is 4.56. The van der Waals surface area contributed by atoms with Gasteiger partial charge in [-0.3, -0.25) is 15.6 Å². The zero-order chi connectivity index (χ0) is 16.3. The monoisotopic (exact) mass is 318 g/mol. The van der Waals surface area contributed by atoms with Crippen LogP contribution in [0.25, 0.3) is 0 Å². The summed E-state index contributed by atoms with van der Waals surface area (Å²) in [5.41, 5.74) is 2.21.